The molecule has 0 fully saturated rings. The minimum absolute atomic E-state index is 0.0118. The first-order chi connectivity index (χ1) is 22.7. The van der Waals surface area contributed by atoms with Gasteiger partial charge in [-0.15, -0.1) is 0 Å². The number of rotatable bonds is 10. The Hall–Kier alpha value is -4.18. The van der Waals surface area contributed by atoms with Crippen LogP contribution >= 0.6 is 0 Å². The van der Waals surface area contributed by atoms with Gasteiger partial charge in [0.25, 0.3) is 0 Å². The lowest BCUT2D eigenvalue weighted by atomic mass is 9.79. The molecule has 6 aromatic rings. The molecule has 0 heterocycles. The van der Waals surface area contributed by atoms with E-state index in [4.69, 9.17) is 4.74 Å². The van der Waals surface area contributed by atoms with Gasteiger partial charge in [-0.2, -0.15) is 0 Å². The largest absolute Gasteiger partial charge is 0.488 e. The molecule has 0 aromatic heterocycles. The third kappa shape index (κ3) is 8.22. The molecule has 0 N–H and O–H groups in total. The van der Waals surface area contributed by atoms with E-state index in [9.17, 15) is 0 Å². The van der Waals surface area contributed by atoms with E-state index >= 15 is 0 Å². The molecule has 1 unspecified atom stereocenters. The molecule has 0 amide bonds. The summed E-state index contributed by atoms with van der Waals surface area (Å²) in [7, 11) is -0.346. The van der Waals surface area contributed by atoms with Crippen molar-refractivity contribution in [2.24, 2.45) is 0 Å². The fourth-order valence-electron chi connectivity index (χ4n) is 5.88. The monoisotopic (exact) mass is 652 g/mol. The molecule has 1 atom stereocenters. The summed E-state index contributed by atoms with van der Waals surface area (Å²) in [6.45, 7) is 11.0. The van der Waals surface area contributed by atoms with Crippen LogP contribution in [0.25, 0.3) is 0 Å². The smallest absolute Gasteiger partial charge is 0.166 e. The minimum atomic E-state index is -0.221. The number of ether oxygens (including phenoxy) is 1. The Morgan fingerprint density at radius 2 is 0.745 bits per heavy atom. The lowest BCUT2D eigenvalue weighted by molar-refractivity contribution is 0.131. The first kappa shape index (κ1) is 32.7. The van der Waals surface area contributed by atoms with Crippen molar-refractivity contribution in [3.05, 3.63) is 175 Å². The summed E-state index contributed by atoms with van der Waals surface area (Å²) < 4.78 is 6.11. The Labute approximate surface area is 287 Å². The van der Waals surface area contributed by atoms with Crippen molar-refractivity contribution in [2.45, 2.75) is 81.4 Å². The van der Waals surface area contributed by atoms with Gasteiger partial charge in [-0.05, 0) is 129 Å². The third-order valence-corrected chi connectivity index (χ3v) is 12.6. The molecule has 0 aliphatic rings. The van der Waals surface area contributed by atoms with E-state index in [1.165, 1.54) is 40.5 Å². The minimum Gasteiger partial charge on any atom is -0.488 e. The van der Waals surface area contributed by atoms with Crippen molar-refractivity contribution >= 4 is 21.8 Å². The zero-order valence-corrected chi connectivity index (χ0v) is 29.7. The van der Waals surface area contributed by atoms with Crippen LogP contribution < -0.4 is 4.74 Å². The second kappa shape index (κ2) is 14.3. The highest BCUT2D eigenvalue weighted by molar-refractivity contribution is 7.97. The highest BCUT2D eigenvalue weighted by atomic mass is 32.2. The maximum Gasteiger partial charge on any atom is 0.166 e. The topological polar surface area (TPSA) is 9.23 Å². The molecule has 1 nitrogen and oxygen atoms in total. The summed E-state index contributed by atoms with van der Waals surface area (Å²) in [5.74, 6) is 0.902. The molecule has 0 saturated heterocycles. The molecule has 0 spiro atoms. The van der Waals surface area contributed by atoms with Crippen LogP contribution in [0.1, 0.15) is 45.7 Å². The van der Waals surface area contributed by atoms with E-state index in [1.807, 2.05) is 0 Å². The standard InChI is InChI=1S/C44H44OS2/c1-43(2,3)45-36-25-31-42(32-26-36)47(39-19-13-8-14-20-39)40-27-21-34(22-28-40)33-44(4,5)35-23-29-41(30-24-35)46(37-15-9-6-10-16-37)38-17-11-7-12-18-38/h6-32H,33H2,1-5H3/q+2. The zero-order chi connectivity index (χ0) is 32.9. The summed E-state index contributed by atoms with van der Waals surface area (Å²) >= 11 is 0. The van der Waals surface area contributed by atoms with Crippen LogP contribution in [0.15, 0.2) is 193 Å². The van der Waals surface area contributed by atoms with Gasteiger partial charge in [-0.25, -0.2) is 0 Å². The maximum atomic E-state index is 6.11. The molecule has 0 radical (unpaired) electrons. The van der Waals surface area contributed by atoms with Crippen molar-refractivity contribution < 1.29 is 4.74 Å². The summed E-state index contributed by atoms with van der Waals surface area (Å²) in [6.07, 6.45) is 0.966. The van der Waals surface area contributed by atoms with Crippen molar-refractivity contribution in [3.8, 4) is 5.75 Å². The van der Waals surface area contributed by atoms with Crippen LogP contribution in [0.2, 0.25) is 0 Å². The average Bonchev–Trinajstić information content (AvgIpc) is 3.08. The van der Waals surface area contributed by atoms with Crippen molar-refractivity contribution in [1.82, 2.24) is 0 Å². The molecule has 47 heavy (non-hydrogen) atoms. The number of hydrogen-bond donors (Lipinski definition) is 0. The van der Waals surface area contributed by atoms with Crippen LogP contribution in [0, 0.1) is 0 Å². The van der Waals surface area contributed by atoms with Crippen molar-refractivity contribution in [2.75, 3.05) is 0 Å². The molecule has 6 rings (SSSR count). The quantitative estimate of drug-likeness (QED) is 0.134. The number of hydrogen-bond acceptors (Lipinski definition) is 1. The summed E-state index contributed by atoms with van der Waals surface area (Å²) in [4.78, 5) is 7.95. The highest BCUT2D eigenvalue weighted by Crippen LogP contribution is 2.36. The lowest BCUT2D eigenvalue weighted by Crippen LogP contribution is -2.22. The van der Waals surface area contributed by atoms with E-state index in [2.05, 4.69) is 198 Å². The van der Waals surface area contributed by atoms with Gasteiger partial charge in [0.15, 0.2) is 29.4 Å². The Kier molecular flexibility index (Phi) is 9.96. The second-order valence-corrected chi connectivity index (χ2v) is 17.5. The first-order valence-electron chi connectivity index (χ1n) is 16.3. The van der Waals surface area contributed by atoms with Gasteiger partial charge in [0, 0.05) is 0 Å². The molecule has 0 bridgehead atoms. The van der Waals surface area contributed by atoms with E-state index in [0.29, 0.717) is 0 Å². The molecule has 236 valence electrons. The van der Waals surface area contributed by atoms with Gasteiger partial charge in [0.2, 0.25) is 0 Å². The third-order valence-electron chi connectivity index (χ3n) is 8.10. The molecular weight excluding hydrogens is 609 g/mol. The van der Waals surface area contributed by atoms with Crippen LogP contribution in [0.3, 0.4) is 0 Å². The van der Waals surface area contributed by atoms with Gasteiger partial charge in [0.05, 0.1) is 21.8 Å². The van der Waals surface area contributed by atoms with Gasteiger partial charge in [-0.3, -0.25) is 0 Å². The summed E-state index contributed by atoms with van der Waals surface area (Å²) in [6, 6.07) is 59.9. The predicted molar refractivity (Wildman–Crippen MR) is 200 cm³/mol. The number of benzene rings is 6. The van der Waals surface area contributed by atoms with E-state index in [1.54, 1.807) is 0 Å². The molecule has 0 aliphatic carbocycles. The zero-order valence-electron chi connectivity index (χ0n) is 28.0. The second-order valence-electron chi connectivity index (χ2n) is 13.5. The molecule has 0 aliphatic heterocycles. The van der Waals surface area contributed by atoms with E-state index < -0.39 is 0 Å². The fourth-order valence-corrected chi connectivity index (χ4v) is 10.0. The average molecular weight is 653 g/mol. The molecular formula is C44H44OS2+2. The Bertz CT molecular complexity index is 1800. The normalized spacial score (nSPS) is 12.6. The fraction of sp³-hybridized carbons (Fsp3) is 0.182. The summed E-state index contributed by atoms with van der Waals surface area (Å²) in [5, 5.41) is 0. The lowest BCUT2D eigenvalue weighted by Gasteiger charge is -2.26. The Morgan fingerprint density at radius 3 is 1.13 bits per heavy atom. The molecule has 3 heteroatoms. The van der Waals surface area contributed by atoms with E-state index in [-0.39, 0.29) is 32.8 Å². The SMILES string of the molecule is CC(C)(C)Oc1ccc([S+](c2ccccc2)c2ccc(CC(C)(C)c3ccc([S+](c4ccccc4)c4ccccc4)cc3)cc2)cc1. The van der Waals surface area contributed by atoms with Crippen molar-refractivity contribution in [3.63, 3.8) is 0 Å². The summed E-state index contributed by atoms with van der Waals surface area (Å²) in [5.41, 5.74) is 2.47. The van der Waals surface area contributed by atoms with Crippen molar-refractivity contribution in [1.29, 1.82) is 0 Å². The predicted octanol–water partition coefficient (Wildman–Crippen LogP) is 11.6. The first-order valence-corrected chi connectivity index (χ1v) is 18.7. The van der Waals surface area contributed by atoms with Gasteiger partial charge >= 0.3 is 0 Å². The molecule has 6 aromatic carbocycles. The van der Waals surface area contributed by atoms with Crippen LogP contribution in [-0.2, 0) is 33.6 Å². The van der Waals surface area contributed by atoms with Gasteiger partial charge in [0.1, 0.15) is 11.4 Å². The van der Waals surface area contributed by atoms with Gasteiger partial charge in [-0.1, -0.05) is 92.7 Å². The van der Waals surface area contributed by atoms with Gasteiger partial charge < -0.3 is 4.74 Å². The Morgan fingerprint density at radius 1 is 0.404 bits per heavy atom. The highest BCUT2D eigenvalue weighted by Gasteiger charge is 2.31. The molecule has 0 saturated carbocycles. The van der Waals surface area contributed by atoms with E-state index in [0.717, 1.165) is 12.2 Å². The Balaban J connectivity index is 1.22. The maximum absolute atomic E-state index is 6.11. The van der Waals surface area contributed by atoms with Crippen LogP contribution in [0.5, 0.6) is 5.75 Å². The van der Waals surface area contributed by atoms with Crippen LogP contribution in [-0.4, -0.2) is 5.60 Å². The van der Waals surface area contributed by atoms with Crippen LogP contribution in [0.4, 0.5) is 0 Å².